The second-order valence-corrected chi connectivity index (χ2v) is 6.76. The Morgan fingerprint density at radius 1 is 1.38 bits per heavy atom. The van der Waals surface area contributed by atoms with Crippen molar-refractivity contribution in [2.45, 2.75) is 70.5 Å². The Labute approximate surface area is 126 Å². The zero-order chi connectivity index (χ0) is 15.5. The van der Waals surface area contributed by atoms with Gasteiger partial charge in [-0.3, -0.25) is 0 Å². The van der Waals surface area contributed by atoms with E-state index in [1.807, 2.05) is 20.8 Å². The quantitative estimate of drug-likeness (QED) is 0.862. The molecule has 0 aromatic heterocycles. The Hall–Kier alpha value is -0.850. The van der Waals surface area contributed by atoms with Gasteiger partial charge in [0, 0.05) is 6.61 Å². The number of rotatable bonds is 3. The summed E-state index contributed by atoms with van der Waals surface area (Å²) < 4.78 is 16.9. The molecule has 1 N–H and O–H groups in total. The highest BCUT2D eigenvalue weighted by Gasteiger charge is 2.38. The van der Waals surface area contributed by atoms with Gasteiger partial charge in [0.05, 0.1) is 25.3 Å². The first kappa shape index (κ1) is 16.5. The number of carbonyl (C=O) groups is 1. The van der Waals surface area contributed by atoms with Crippen LogP contribution in [0.15, 0.2) is 0 Å². The third kappa shape index (κ3) is 4.83. The lowest BCUT2D eigenvalue weighted by molar-refractivity contribution is -0.185. The van der Waals surface area contributed by atoms with Crippen LogP contribution in [0.2, 0.25) is 0 Å². The molecule has 122 valence electrons. The van der Waals surface area contributed by atoms with Crippen LogP contribution in [0.4, 0.5) is 4.79 Å². The SMILES string of the molecule is CC(C)(C)OC(=O)N1CC(OC2CCCCO2)C[C@H]1CO. The molecule has 2 saturated heterocycles. The summed E-state index contributed by atoms with van der Waals surface area (Å²) in [5.74, 6) is 0. The third-order valence-electron chi connectivity index (χ3n) is 3.70. The average Bonchev–Trinajstić information content (AvgIpc) is 2.81. The maximum atomic E-state index is 12.2. The topological polar surface area (TPSA) is 68.2 Å². The number of hydrogen-bond acceptors (Lipinski definition) is 5. The first-order valence-electron chi connectivity index (χ1n) is 7.76. The highest BCUT2D eigenvalue weighted by atomic mass is 16.7. The molecule has 0 aliphatic carbocycles. The molecular formula is C15H27NO5. The van der Waals surface area contributed by atoms with E-state index in [4.69, 9.17) is 14.2 Å². The van der Waals surface area contributed by atoms with Gasteiger partial charge >= 0.3 is 6.09 Å². The molecule has 2 unspecified atom stereocenters. The molecule has 2 rings (SSSR count). The first-order chi connectivity index (χ1) is 9.89. The van der Waals surface area contributed by atoms with E-state index in [2.05, 4.69) is 0 Å². The molecule has 2 aliphatic heterocycles. The molecule has 0 bridgehead atoms. The smallest absolute Gasteiger partial charge is 0.410 e. The van der Waals surface area contributed by atoms with Gasteiger partial charge in [0.1, 0.15) is 5.60 Å². The molecular weight excluding hydrogens is 274 g/mol. The highest BCUT2D eigenvalue weighted by molar-refractivity contribution is 5.69. The van der Waals surface area contributed by atoms with E-state index in [1.165, 1.54) is 0 Å². The lowest BCUT2D eigenvalue weighted by atomic mass is 10.2. The predicted molar refractivity (Wildman–Crippen MR) is 76.9 cm³/mol. The van der Waals surface area contributed by atoms with E-state index in [0.717, 1.165) is 25.9 Å². The largest absolute Gasteiger partial charge is 0.444 e. The predicted octanol–water partition coefficient (Wildman–Crippen LogP) is 1.90. The van der Waals surface area contributed by atoms with E-state index in [-0.39, 0.29) is 25.0 Å². The van der Waals surface area contributed by atoms with Gasteiger partial charge in [-0.2, -0.15) is 0 Å². The Morgan fingerprint density at radius 3 is 2.71 bits per heavy atom. The van der Waals surface area contributed by atoms with Crippen LogP contribution in [0.25, 0.3) is 0 Å². The van der Waals surface area contributed by atoms with Crippen molar-refractivity contribution in [2.75, 3.05) is 19.8 Å². The molecule has 3 atom stereocenters. The van der Waals surface area contributed by atoms with Crippen LogP contribution >= 0.6 is 0 Å². The van der Waals surface area contributed by atoms with Crippen molar-refractivity contribution in [1.82, 2.24) is 4.90 Å². The number of nitrogens with zero attached hydrogens (tertiary/aromatic N) is 1. The lowest BCUT2D eigenvalue weighted by Crippen LogP contribution is -2.41. The van der Waals surface area contributed by atoms with Crippen LogP contribution in [-0.2, 0) is 14.2 Å². The Bertz CT molecular complexity index is 348. The number of ether oxygens (including phenoxy) is 3. The molecule has 0 radical (unpaired) electrons. The number of carbonyl (C=O) groups excluding carboxylic acids is 1. The normalized spacial score (nSPS) is 30.5. The summed E-state index contributed by atoms with van der Waals surface area (Å²) in [7, 11) is 0. The summed E-state index contributed by atoms with van der Waals surface area (Å²) in [6, 6.07) is -0.242. The maximum Gasteiger partial charge on any atom is 0.410 e. The Morgan fingerprint density at radius 2 is 2.14 bits per heavy atom. The molecule has 0 aromatic rings. The van der Waals surface area contributed by atoms with E-state index in [9.17, 15) is 9.90 Å². The number of aliphatic hydroxyl groups is 1. The molecule has 6 nitrogen and oxygen atoms in total. The number of aliphatic hydroxyl groups excluding tert-OH is 1. The molecule has 0 saturated carbocycles. The van der Waals surface area contributed by atoms with E-state index in [0.29, 0.717) is 13.0 Å². The molecule has 1 amide bonds. The van der Waals surface area contributed by atoms with Crippen LogP contribution < -0.4 is 0 Å². The Balaban J connectivity index is 1.88. The number of hydrogen-bond donors (Lipinski definition) is 1. The van der Waals surface area contributed by atoms with Gasteiger partial charge in [-0.1, -0.05) is 0 Å². The standard InChI is InChI=1S/C15H27NO5/c1-15(2,3)21-14(18)16-9-12(8-11(16)10-17)20-13-6-4-5-7-19-13/h11-13,17H,4-10H2,1-3H3/t11-,12?,13?/m0/s1. The fourth-order valence-electron chi connectivity index (χ4n) is 2.72. The van der Waals surface area contributed by atoms with Crippen molar-refractivity contribution in [3.63, 3.8) is 0 Å². The van der Waals surface area contributed by atoms with Crippen molar-refractivity contribution < 1.29 is 24.1 Å². The molecule has 2 fully saturated rings. The zero-order valence-electron chi connectivity index (χ0n) is 13.2. The minimum absolute atomic E-state index is 0.0787. The number of likely N-dealkylation sites (tertiary alicyclic amines) is 1. The van der Waals surface area contributed by atoms with Crippen molar-refractivity contribution in [1.29, 1.82) is 0 Å². The van der Waals surface area contributed by atoms with Crippen LogP contribution in [0.5, 0.6) is 0 Å². The summed E-state index contributed by atoms with van der Waals surface area (Å²) in [5, 5.41) is 9.47. The average molecular weight is 301 g/mol. The number of amides is 1. The van der Waals surface area contributed by atoms with Gasteiger partial charge < -0.3 is 24.2 Å². The van der Waals surface area contributed by atoms with Crippen LogP contribution in [0, 0.1) is 0 Å². The van der Waals surface area contributed by atoms with Crippen LogP contribution in [0.1, 0.15) is 46.5 Å². The fraction of sp³-hybridized carbons (Fsp3) is 0.933. The second-order valence-electron chi connectivity index (χ2n) is 6.76. The second kappa shape index (κ2) is 6.94. The lowest BCUT2D eigenvalue weighted by Gasteiger charge is -2.28. The van der Waals surface area contributed by atoms with Gasteiger partial charge in [-0.25, -0.2) is 4.79 Å². The van der Waals surface area contributed by atoms with E-state index < -0.39 is 11.7 Å². The molecule has 2 aliphatic rings. The Kier molecular flexibility index (Phi) is 5.46. The molecule has 21 heavy (non-hydrogen) atoms. The monoisotopic (exact) mass is 301 g/mol. The molecule has 0 spiro atoms. The van der Waals surface area contributed by atoms with Gasteiger partial charge in [0.2, 0.25) is 0 Å². The minimum atomic E-state index is -0.539. The van der Waals surface area contributed by atoms with E-state index >= 15 is 0 Å². The molecule has 6 heteroatoms. The summed E-state index contributed by atoms with van der Waals surface area (Å²) in [6.07, 6.45) is 3.03. The summed E-state index contributed by atoms with van der Waals surface area (Å²) in [6.45, 7) is 6.59. The minimum Gasteiger partial charge on any atom is -0.444 e. The van der Waals surface area contributed by atoms with Gasteiger partial charge in [0.15, 0.2) is 6.29 Å². The molecule has 0 aromatic carbocycles. The van der Waals surface area contributed by atoms with Crippen molar-refractivity contribution in [3.05, 3.63) is 0 Å². The summed E-state index contributed by atoms with van der Waals surface area (Å²) in [4.78, 5) is 13.7. The van der Waals surface area contributed by atoms with Gasteiger partial charge in [-0.05, 0) is 46.5 Å². The first-order valence-corrected chi connectivity index (χ1v) is 7.76. The maximum absolute atomic E-state index is 12.2. The highest BCUT2D eigenvalue weighted by Crippen LogP contribution is 2.26. The fourth-order valence-corrected chi connectivity index (χ4v) is 2.72. The van der Waals surface area contributed by atoms with Gasteiger partial charge in [0.25, 0.3) is 0 Å². The van der Waals surface area contributed by atoms with Crippen LogP contribution in [-0.4, -0.2) is 59.9 Å². The summed E-state index contributed by atoms with van der Waals surface area (Å²) >= 11 is 0. The molecule has 2 heterocycles. The zero-order valence-corrected chi connectivity index (χ0v) is 13.2. The van der Waals surface area contributed by atoms with Gasteiger partial charge in [-0.15, -0.1) is 0 Å². The van der Waals surface area contributed by atoms with Crippen molar-refractivity contribution in [3.8, 4) is 0 Å². The van der Waals surface area contributed by atoms with Crippen LogP contribution in [0.3, 0.4) is 0 Å². The van der Waals surface area contributed by atoms with Crippen molar-refractivity contribution in [2.24, 2.45) is 0 Å². The van der Waals surface area contributed by atoms with E-state index in [1.54, 1.807) is 4.90 Å². The summed E-state index contributed by atoms with van der Waals surface area (Å²) in [5.41, 5.74) is -0.539. The van der Waals surface area contributed by atoms with Crippen molar-refractivity contribution >= 4 is 6.09 Å². The third-order valence-corrected chi connectivity index (χ3v) is 3.70.